The monoisotopic (exact) mass is 409 g/mol. The Morgan fingerprint density at radius 1 is 1.10 bits per heavy atom. The molecule has 0 aliphatic carbocycles. The van der Waals surface area contributed by atoms with Crippen LogP contribution < -0.4 is 10.1 Å². The molecule has 3 amide bonds. The highest BCUT2D eigenvalue weighted by molar-refractivity contribution is 5.99. The highest BCUT2D eigenvalue weighted by atomic mass is 16.5. The van der Waals surface area contributed by atoms with E-state index in [0.717, 1.165) is 5.56 Å². The standard InChI is InChI=1S/C22H23N3O5/c1-30-17-8-4-15(5-9-17)21(28)24-10-11-25-19(13-24)20(27)23-18(22(25)29)12-14-2-6-16(26)7-3-14/h2-9,18-19,26H,10-13H2,1H3,(H,23,27)/t18-,19-/m1/s1. The molecule has 2 atom stereocenters. The number of hydrogen-bond donors (Lipinski definition) is 2. The average Bonchev–Trinajstić information content (AvgIpc) is 2.78. The summed E-state index contributed by atoms with van der Waals surface area (Å²) in [6.07, 6.45) is 0.350. The van der Waals surface area contributed by atoms with Crippen LogP contribution in [0.25, 0.3) is 0 Å². The molecule has 2 aliphatic heterocycles. The molecule has 30 heavy (non-hydrogen) atoms. The van der Waals surface area contributed by atoms with Crippen molar-refractivity contribution in [1.82, 2.24) is 15.1 Å². The van der Waals surface area contributed by atoms with Gasteiger partial charge in [-0.3, -0.25) is 14.4 Å². The van der Waals surface area contributed by atoms with Crippen LogP contribution in [0, 0.1) is 0 Å². The summed E-state index contributed by atoms with van der Waals surface area (Å²) >= 11 is 0. The molecule has 2 aromatic carbocycles. The molecule has 0 unspecified atom stereocenters. The topological polar surface area (TPSA) is 99.2 Å². The van der Waals surface area contributed by atoms with Gasteiger partial charge in [0.25, 0.3) is 5.91 Å². The van der Waals surface area contributed by atoms with Crippen molar-refractivity contribution in [2.24, 2.45) is 0 Å². The van der Waals surface area contributed by atoms with E-state index >= 15 is 0 Å². The minimum Gasteiger partial charge on any atom is -0.508 e. The number of carbonyl (C=O) groups excluding carboxylic acids is 3. The van der Waals surface area contributed by atoms with Crippen LogP contribution in [0.2, 0.25) is 0 Å². The number of aromatic hydroxyl groups is 1. The summed E-state index contributed by atoms with van der Waals surface area (Å²) in [5, 5.41) is 12.2. The van der Waals surface area contributed by atoms with Crippen molar-refractivity contribution in [1.29, 1.82) is 0 Å². The predicted molar refractivity (Wildman–Crippen MR) is 108 cm³/mol. The van der Waals surface area contributed by atoms with E-state index in [0.29, 0.717) is 30.8 Å². The maximum Gasteiger partial charge on any atom is 0.254 e. The highest BCUT2D eigenvalue weighted by Gasteiger charge is 2.44. The lowest BCUT2D eigenvalue weighted by Gasteiger charge is -2.45. The van der Waals surface area contributed by atoms with Gasteiger partial charge < -0.3 is 25.0 Å². The number of carbonyl (C=O) groups is 3. The molecule has 0 aromatic heterocycles. The first kappa shape index (κ1) is 19.8. The van der Waals surface area contributed by atoms with E-state index in [-0.39, 0.29) is 30.0 Å². The molecule has 0 bridgehead atoms. The fraction of sp³-hybridized carbons (Fsp3) is 0.318. The molecule has 156 valence electrons. The summed E-state index contributed by atoms with van der Waals surface area (Å²) in [6, 6.07) is 12.0. The van der Waals surface area contributed by atoms with Crippen LogP contribution in [0.5, 0.6) is 11.5 Å². The first-order valence-corrected chi connectivity index (χ1v) is 9.78. The quantitative estimate of drug-likeness (QED) is 0.778. The fourth-order valence-corrected chi connectivity index (χ4v) is 3.91. The van der Waals surface area contributed by atoms with Crippen molar-refractivity contribution in [2.45, 2.75) is 18.5 Å². The molecule has 0 spiro atoms. The molecule has 2 heterocycles. The van der Waals surface area contributed by atoms with Gasteiger partial charge in [0, 0.05) is 25.1 Å². The Labute approximate surface area is 174 Å². The summed E-state index contributed by atoms with van der Waals surface area (Å²) in [5.41, 5.74) is 1.36. The fourth-order valence-electron chi connectivity index (χ4n) is 3.91. The number of fused-ring (bicyclic) bond motifs is 1. The first-order valence-electron chi connectivity index (χ1n) is 9.78. The average molecular weight is 409 g/mol. The third kappa shape index (κ3) is 3.80. The summed E-state index contributed by atoms with van der Waals surface area (Å²) in [6.45, 7) is 0.839. The zero-order valence-electron chi connectivity index (χ0n) is 16.6. The molecule has 4 rings (SSSR count). The number of phenolic OH excluding ortho intramolecular Hbond substituents is 1. The van der Waals surface area contributed by atoms with E-state index in [1.165, 1.54) is 0 Å². The van der Waals surface area contributed by atoms with Gasteiger partial charge in [-0.1, -0.05) is 12.1 Å². The van der Waals surface area contributed by atoms with Crippen molar-refractivity contribution in [2.75, 3.05) is 26.7 Å². The van der Waals surface area contributed by atoms with Crippen LogP contribution in [0.3, 0.4) is 0 Å². The minimum atomic E-state index is -0.690. The molecule has 2 aromatic rings. The zero-order valence-corrected chi connectivity index (χ0v) is 16.6. The zero-order chi connectivity index (χ0) is 21.3. The predicted octanol–water partition coefficient (Wildman–Crippen LogP) is 0.795. The van der Waals surface area contributed by atoms with Crippen LogP contribution >= 0.6 is 0 Å². The van der Waals surface area contributed by atoms with Crippen molar-refractivity contribution < 1.29 is 24.2 Å². The molecular weight excluding hydrogens is 386 g/mol. The Kier molecular flexibility index (Phi) is 5.31. The third-order valence-corrected chi connectivity index (χ3v) is 5.58. The van der Waals surface area contributed by atoms with Gasteiger partial charge in [0.1, 0.15) is 23.6 Å². The number of benzene rings is 2. The Morgan fingerprint density at radius 3 is 2.47 bits per heavy atom. The van der Waals surface area contributed by atoms with Gasteiger partial charge in [0.2, 0.25) is 11.8 Å². The second kappa shape index (κ2) is 8.06. The van der Waals surface area contributed by atoms with Gasteiger partial charge in [-0.2, -0.15) is 0 Å². The van der Waals surface area contributed by atoms with Crippen LogP contribution in [-0.4, -0.2) is 71.5 Å². The SMILES string of the molecule is COc1ccc(C(=O)N2CCN3C(=O)[C@@H](Cc4ccc(O)cc4)NC(=O)[C@H]3C2)cc1. The van der Waals surface area contributed by atoms with E-state index in [1.807, 2.05) is 0 Å². The van der Waals surface area contributed by atoms with E-state index in [9.17, 15) is 19.5 Å². The minimum absolute atomic E-state index is 0.149. The van der Waals surface area contributed by atoms with Gasteiger partial charge in [-0.15, -0.1) is 0 Å². The third-order valence-electron chi connectivity index (χ3n) is 5.58. The normalized spacial score (nSPS) is 21.1. The second-order valence-corrected chi connectivity index (χ2v) is 7.46. The molecule has 2 fully saturated rings. The number of amides is 3. The number of piperazine rings is 2. The van der Waals surface area contributed by atoms with Gasteiger partial charge in [0.05, 0.1) is 13.7 Å². The smallest absolute Gasteiger partial charge is 0.254 e. The summed E-state index contributed by atoms with van der Waals surface area (Å²) in [4.78, 5) is 41.7. The van der Waals surface area contributed by atoms with Crippen LogP contribution in [0.15, 0.2) is 48.5 Å². The van der Waals surface area contributed by atoms with Gasteiger partial charge in [0.15, 0.2) is 0 Å². The first-order chi connectivity index (χ1) is 14.5. The largest absolute Gasteiger partial charge is 0.508 e. The van der Waals surface area contributed by atoms with E-state index in [1.54, 1.807) is 65.4 Å². The molecular formula is C22H23N3O5. The summed E-state index contributed by atoms with van der Waals surface area (Å²) < 4.78 is 5.11. The van der Waals surface area contributed by atoms with Gasteiger partial charge >= 0.3 is 0 Å². The Morgan fingerprint density at radius 2 is 1.80 bits per heavy atom. The maximum atomic E-state index is 12.9. The van der Waals surface area contributed by atoms with E-state index in [4.69, 9.17) is 4.74 Å². The van der Waals surface area contributed by atoms with Gasteiger partial charge in [-0.25, -0.2) is 0 Å². The number of nitrogens with one attached hydrogen (secondary N) is 1. The number of hydrogen-bond acceptors (Lipinski definition) is 5. The van der Waals surface area contributed by atoms with Crippen LogP contribution in [0.1, 0.15) is 15.9 Å². The molecule has 8 heteroatoms. The van der Waals surface area contributed by atoms with E-state index < -0.39 is 12.1 Å². The number of methoxy groups -OCH3 is 1. The Bertz CT molecular complexity index is 958. The highest BCUT2D eigenvalue weighted by Crippen LogP contribution is 2.21. The number of ether oxygens (including phenoxy) is 1. The van der Waals surface area contributed by atoms with Crippen molar-refractivity contribution in [3.63, 3.8) is 0 Å². The maximum absolute atomic E-state index is 12.9. The number of nitrogens with zero attached hydrogens (tertiary/aromatic N) is 2. The van der Waals surface area contributed by atoms with Crippen molar-refractivity contribution in [3.8, 4) is 11.5 Å². The van der Waals surface area contributed by atoms with Gasteiger partial charge in [-0.05, 0) is 42.0 Å². The number of phenols is 1. The summed E-state index contributed by atoms with van der Waals surface area (Å²) in [7, 11) is 1.56. The van der Waals surface area contributed by atoms with Crippen molar-refractivity contribution >= 4 is 17.7 Å². The molecule has 0 saturated carbocycles. The number of rotatable bonds is 4. The molecule has 8 nitrogen and oxygen atoms in total. The molecule has 2 saturated heterocycles. The lowest BCUT2D eigenvalue weighted by molar-refractivity contribution is -0.152. The van der Waals surface area contributed by atoms with Crippen LogP contribution in [0.4, 0.5) is 0 Å². The molecule has 0 radical (unpaired) electrons. The lowest BCUT2D eigenvalue weighted by atomic mass is 9.98. The lowest BCUT2D eigenvalue weighted by Crippen LogP contribution is -2.70. The van der Waals surface area contributed by atoms with E-state index in [2.05, 4.69) is 5.32 Å². The molecule has 2 N–H and O–H groups in total. The molecule has 2 aliphatic rings. The Balaban J connectivity index is 1.43. The second-order valence-electron chi connectivity index (χ2n) is 7.46. The van der Waals surface area contributed by atoms with Crippen LogP contribution in [-0.2, 0) is 16.0 Å². The van der Waals surface area contributed by atoms with Crippen molar-refractivity contribution in [3.05, 3.63) is 59.7 Å². The Hall–Kier alpha value is -3.55. The summed E-state index contributed by atoms with van der Waals surface area (Å²) in [5.74, 6) is 0.224.